The predicted octanol–water partition coefficient (Wildman–Crippen LogP) is 1.74. The standard InChI is InChI=1S/C10H12ClN3O2/c11-5-4-9(15)13-7-2-1-3-8(6-7)14-10(12)16/h1-3,6H,4-5H2,(H,13,15)(H3,12,14,16). The number of nitrogens with one attached hydrogen (secondary N) is 2. The van der Waals surface area contributed by atoms with E-state index < -0.39 is 6.03 Å². The van der Waals surface area contributed by atoms with Crippen LogP contribution in [0.1, 0.15) is 6.42 Å². The first kappa shape index (κ1) is 12.3. The van der Waals surface area contributed by atoms with Crippen LogP contribution in [0.25, 0.3) is 0 Å². The van der Waals surface area contributed by atoms with E-state index in [-0.39, 0.29) is 18.2 Å². The number of carbonyl (C=O) groups is 2. The van der Waals surface area contributed by atoms with Crippen LogP contribution in [0.3, 0.4) is 0 Å². The van der Waals surface area contributed by atoms with Gasteiger partial charge in [0.1, 0.15) is 0 Å². The summed E-state index contributed by atoms with van der Waals surface area (Å²) in [6.45, 7) is 0. The molecule has 1 aromatic rings. The summed E-state index contributed by atoms with van der Waals surface area (Å²) < 4.78 is 0. The van der Waals surface area contributed by atoms with E-state index in [1.54, 1.807) is 24.3 Å². The van der Waals surface area contributed by atoms with E-state index in [1.807, 2.05) is 0 Å². The van der Waals surface area contributed by atoms with Crippen LogP contribution in [-0.4, -0.2) is 17.8 Å². The minimum Gasteiger partial charge on any atom is -0.351 e. The molecule has 0 heterocycles. The fraction of sp³-hybridized carbons (Fsp3) is 0.200. The number of nitrogens with two attached hydrogens (primary N) is 1. The molecule has 0 bridgehead atoms. The highest BCUT2D eigenvalue weighted by Gasteiger charge is 2.02. The molecule has 0 saturated heterocycles. The molecule has 0 radical (unpaired) electrons. The van der Waals surface area contributed by atoms with E-state index in [0.717, 1.165) is 0 Å². The van der Waals surface area contributed by atoms with Gasteiger partial charge in [-0.05, 0) is 18.2 Å². The van der Waals surface area contributed by atoms with E-state index in [1.165, 1.54) is 0 Å². The average Bonchev–Trinajstić information content (AvgIpc) is 2.17. The molecule has 86 valence electrons. The fourth-order valence-corrected chi connectivity index (χ4v) is 1.30. The zero-order chi connectivity index (χ0) is 12.0. The highest BCUT2D eigenvalue weighted by molar-refractivity contribution is 6.19. The number of amides is 3. The minimum atomic E-state index is -0.649. The zero-order valence-corrected chi connectivity index (χ0v) is 9.25. The number of hydrogen-bond acceptors (Lipinski definition) is 2. The Morgan fingerprint density at radius 3 is 2.44 bits per heavy atom. The van der Waals surface area contributed by atoms with Gasteiger partial charge in [-0.3, -0.25) is 4.79 Å². The Bertz CT molecular complexity index is 395. The van der Waals surface area contributed by atoms with Gasteiger partial charge >= 0.3 is 6.03 Å². The molecule has 0 aromatic heterocycles. The van der Waals surface area contributed by atoms with Crippen LogP contribution in [0.15, 0.2) is 24.3 Å². The van der Waals surface area contributed by atoms with E-state index >= 15 is 0 Å². The third kappa shape index (κ3) is 4.18. The first-order valence-electron chi connectivity index (χ1n) is 4.64. The summed E-state index contributed by atoms with van der Waals surface area (Å²) >= 11 is 5.43. The van der Waals surface area contributed by atoms with Gasteiger partial charge in [0.05, 0.1) is 0 Å². The van der Waals surface area contributed by atoms with Crippen molar-refractivity contribution in [1.29, 1.82) is 0 Å². The van der Waals surface area contributed by atoms with Gasteiger partial charge in [-0.25, -0.2) is 4.79 Å². The Kier molecular flexibility index (Phi) is 4.60. The second-order valence-electron chi connectivity index (χ2n) is 3.06. The number of primary amides is 1. The summed E-state index contributed by atoms with van der Waals surface area (Å²) in [6, 6.07) is 6.03. The molecule has 4 N–H and O–H groups in total. The summed E-state index contributed by atoms with van der Waals surface area (Å²) in [5.41, 5.74) is 6.08. The topological polar surface area (TPSA) is 84.2 Å². The molecule has 3 amide bonds. The molecular weight excluding hydrogens is 230 g/mol. The quantitative estimate of drug-likeness (QED) is 0.702. The minimum absolute atomic E-state index is 0.175. The van der Waals surface area contributed by atoms with E-state index in [9.17, 15) is 9.59 Å². The third-order valence-electron chi connectivity index (χ3n) is 1.74. The number of hydrogen-bond donors (Lipinski definition) is 3. The van der Waals surface area contributed by atoms with Gasteiger partial charge in [-0.2, -0.15) is 0 Å². The van der Waals surface area contributed by atoms with Gasteiger partial charge in [0.25, 0.3) is 0 Å². The smallest absolute Gasteiger partial charge is 0.316 e. The van der Waals surface area contributed by atoms with Gasteiger partial charge < -0.3 is 16.4 Å². The molecule has 0 unspecified atom stereocenters. The molecule has 0 spiro atoms. The molecule has 16 heavy (non-hydrogen) atoms. The lowest BCUT2D eigenvalue weighted by Crippen LogP contribution is -2.19. The van der Waals surface area contributed by atoms with Crippen molar-refractivity contribution in [2.45, 2.75) is 6.42 Å². The van der Waals surface area contributed by atoms with E-state index in [0.29, 0.717) is 11.4 Å². The fourth-order valence-electron chi connectivity index (χ4n) is 1.13. The lowest BCUT2D eigenvalue weighted by Gasteiger charge is -2.06. The van der Waals surface area contributed by atoms with Crippen molar-refractivity contribution >= 4 is 34.9 Å². The Balaban J connectivity index is 2.67. The van der Waals surface area contributed by atoms with Crippen LogP contribution in [-0.2, 0) is 4.79 Å². The van der Waals surface area contributed by atoms with Crippen molar-refractivity contribution in [3.63, 3.8) is 0 Å². The molecule has 6 heteroatoms. The number of benzene rings is 1. The summed E-state index contributed by atoms with van der Waals surface area (Å²) in [6.07, 6.45) is 0.245. The maximum atomic E-state index is 11.2. The number of anilines is 2. The van der Waals surface area contributed by atoms with Gasteiger partial charge in [0.15, 0.2) is 0 Å². The molecule has 0 atom stereocenters. The summed E-state index contributed by atoms with van der Waals surface area (Å²) in [5.74, 6) is 0.0941. The molecule has 0 fully saturated rings. The van der Waals surface area contributed by atoms with E-state index in [2.05, 4.69) is 10.6 Å². The van der Waals surface area contributed by atoms with Crippen molar-refractivity contribution in [1.82, 2.24) is 0 Å². The molecule has 1 aromatic carbocycles. The first-order chi connectivity index (χ1) is 7.61. The second-order valence-corrected chi connectivity index (χ2v) is 3.44. The third-order valence-corrected chi connectivity index (χ3v) is 1.92. The van der Waals surface area contributed by atoms with Crippen molar-refractivity contribution in [3.8, 4) is 0 Å². The number of alkyl halides is 1. The van der Waals surface area contributed by atoms with Crippen LogP contribution in [0.2, 0.25) is 0 Å². The van der Waals surface area contributed by atoms with Crippen LogP contribution in [0.5, 0.6) is 0 Å². The Morgan fingerprint density at radius 2 is 1.88 bits per heavy atom. The largest absolute Gasteiger partial charge is 0.351 e. The number of rotatable bonds is 4. The SMILES string of the molecule is NC(=O)Nc1cccc(NC(=O)CCCl)c1. The van der Waals surface area contributed by atoms with Crippen LogP contribution < -0.4 is 16.4 Å². The van der Waals surface area contributed by atoms with Crippen molar-refractivity contribution in [2.75, 3.05) is 16.5 Å². The van der Waals surface area contributed by atoms with Crippen molar-refractivity contribution < 1.29 is 9.59 Å². The maximum Gasteiger partial charge on any atom is 0.316 e. The molecule has 0 aliphatic rings. The predicted molar refractivity (Wildman–Crippen MR) is 63.6 cm³/mol. The van der Waals surface area contributed by atoms with Gasteiger partial charge in [0, 0.05) is 23.7 Å². The highest BCUT2D eigenvalue weighted by atomic mass is 35.5. The monoisotopic (exact) mass is 241 g/mol. The molecule has 1 rings (SSSR count). The lowest BCUT2D eigenvalue weighted by molar-refractivity contribution is -0.115. The van der Waals surface area contributed by atoms with Crippen molar-refractivity contribution in [3.05, 3.63) is 24.3 Å². The van der Waals surface area contributed by atoms with Crippen LogP contribution >= 0.6 is 11.6 Å². The summed E-state index contributed by atoms with van der Waals surface area (Å²) in [5, 5.41) is 5.05. The highest BCUT2D eigenvalue weighted by Crippen LogP contribution is 2.14. The normalized spacial score (nSPS) is 9.56. The maximum absolute atomic E-state index is 11.2. The molecule has 5 nitrogen and oxygen atoms in total. The second kappa shape index (κ2) is 5.97. The Morgan fingerprint density at radius 1 is 1.25 bits per heavy atom. The Labute approximate surface area is 98.0 Å². The lowest BCUT2D eigenvalue weighted by atomic mass is 10.2. The van der Waals surface area contributed by atoms with Gasteiger partial charge in [-0.1, -0.05) is 6.07 Å². The average molecular weight is 242 g/mol. The van der Waals surface area contributed by atoms with Crippen LogP contribution in [0.4, 0.5) is 16.2 Å². The van der Waals surface area contributed by atoms with Crippen LogP contribution in [0, 0.1) is 0 Å². The molecular formula is C10H12ClN3O2. The van der Waals surface area contributed by atoms with E-state index in [4.69, 9.17) is 17.3 Å². The number of halogens is 1. The zero-order valence-electron chi connectivity index (χ0n) is 8.50. The molecule has 0 aliphatic carbocycles. The number of urea groups is 1. The summed E-state index contributed by atoms with van der Waals surface area (Å²) in [7, 11) is 0. The number of carbonyl (C=O) groups excluding carboxylic acids is 2. The first-order valence-corrected chi connectivity index (χ1v) is 5.17. The Hall–Kier alpha value is -1.75. The molecule has 0 aliphatic heterocycles. The molecule has 0 saturated carbocycles. The summed E-state index contributed by atoms with van der Waals surface area (Å²) in [4.78, 5) is 21.8. The van der Waals surface area contributed by atoms with Gasteiger partial charge in [-0.15, -0.1) is 11.6 Å². The van der Waals surface area contributed by atoms with Gasteiger partial charge in [0.2, 0.25) is 5.91 Å². The van der Waals surface area contributed by atoms with Crippen molar-refractivity contribution in [2.24, 2.45) is 5.73 Å².